The van der Waals surface area contributed by atoms with Gasteiger partial charge in [-0.25, -0.2) is 0 Å². The lowest BCUT2D eigenvalue weighted by atomic mass is 10.3. The Balaban J connectivity index is 0. The molecule has 1 heteroatoms. The van der Waals surface area contributed by atoms with Gasteiger partial charge in [0.1, 0.15) is 0 Å². The maximum absolute atomic E-state index is 7.57. The van der Waals surface area contributed by atoms with Crippen molar-refractivity contribution in [2.45, 2.75) is 20.3 Å². The maximum atomic E-state index is 7.57. The summed E-state index contributed by atoms with van der Waals surface area (Å²) in [4.78, 5) is 0. The lowest BCUT2D eigenvalue weighted by Crippen LogP contribution is -1.58. The molecule has 1 rings (SSSR count). The summed E-state index contributed by atoms with van der Waals surface area (Å²) < 4.78 is 0. The maximum Gasteiger partial charge on any atom is 0.0402 e. The van der Waals surface area contributed by atoms with E-state index in [1.807, 2.05) is 0 Å². The van der Waals surface area contributed by atoms with Crippen molar-refractivity contribution in [2.75, 3.05) is 6.61 Å². The standard InChI is InChI=1S/C6H8.C2H6O.C2H2/c1-6-4-2-3-5-6;1-2-3;1-2/h2-4H,5H2,1H3;3H,2H2,1H3;1-2H. The smallest absolute Gasteiger partial charge is 0.0402 e. The van der Waals surface area contributed by atoms with E-state index in [4.69, 9.17) is 5.11 Å². The van der Waals surface area contributed by atoms with Gasteiger partial charge in [0.05, 0.1) is 0 Å². The Hall–Kier alpha value is -1.00. The fraction of sp³-hybridized carbons (Fsp3) is 0.400. The summed E-state index contributed by atoms with van der Waals surface area (Å²) in [6, 6.07) is 0. The van der Waals surface area contributed by atoms with Crippen LogP contribution in [0.25, 0.3) is 0 Å². The fourth-order valence-electron chi connectivity index (χ4n) is 0.554. The van der Waals surface area contributed by atoms with Crippen LogP contribution in [-0.4, -0.2) is 11.7 Å². The van der Waals surface area contributed by atoms with E-state index in [0.29, 0.717) is 0 Å². The van der Waals surface area contributed by atoms with Gasteiger partial charge >= 0.3 is 0 Å². The highest BCUT2D eigenvalue weighted by molar-refractivity contribution is 5.20. The molecule has 62 valence electrons. The molecule has 0 saturated heterocycles. The van der Waals surface area contributed by atoms with Gasteiger partial charge in [-0.05, 0) is 20.3 Å². The molecule has 0 radical (unpaired) electrons. The van der Waals surface area contributed by atoms with Crippen molar-refractivity contribution in [3.05, 3.63) is 23.8 Å². The zero-order chi connectivity index (χ0) is 9.11. The van der Waals surface area contributed by atoms with Gasteiger partial charge in [0.25, 0.3) is 0 Å². The largest absolute Gasteiger partial charge is 0.397 e. The van der Waals surface area contributed by atoms with E-state index >= 15 is 0 Å². The molecule has 0 amide bonds. The van der Waals surface area contributed by atoms with Crippen molar-refractivity contribution in [2.24, 2.45) is 0 Å². The molecule has 0 heterocycles. The Morgan fingerprint density at radius 2 is 2.00 bits per heavy atom. The number of hydrogen-bond acceptors (Lipinski definition) is 1. The van der Waals surface area contributed by atoms with Gasteiger partial charge in [-0.2, -0.15) is 0 Å². The summed E-state index contributed by atoms with van der Waals surface area (Å²) >= 11 is 0. The summed E-state index contributed by atoms with van der Waals surface area (Å²) in [5, 5.41) is 7.57. The lowest BCUT2D eigenvalue weighted by Gasteiger charge is -1.78. The van der Waals surface area contributed by atoms with Crippen molar-refractivity contribution < 1.29 is 5.11 Å². The Morgan fingerprint density at radius 1 is 1.55 bits per heavy atom. The molecule has 1 aliphatic carbocycles. The van der Waals surface area contributed by atoms with Gasteiger partial charge < -0.3 is 5.11 Å². The van der Waals surface area contributed by atoms with Crippen molar-refractivity contribution in [3.8, 4) is 12.8 Å². The normalized spacial score (nSPS) is 11.9. The topological polar surface area (TPSA) is 20.2 Å². The van der Waals surface area contributed by atoms with Crippen LogP contribution in [0.4, 0.5) is 0 Å². The summed E-state index contributed by atoms with van der Waals surface area (Å²) in [5.74, 6) is 0. The fourth-order valence-corrected chi connectivity index (χ4v) is 0.554. The highest BCUT2D eigenvalue weighted by Crippen LogP contribution is 2.06. The molecule has 0 fully saturated rings. The summed E-state index contributed by atoms with van der Waals surface area (Å²) in [6.45, 7) is 4.07. The van der Waals surface area contributed by atoms with Crippen LogP contribution in [0, 0.1) is 12.8 Å². The van der Waals surface area contributed by atoms with Crippen LogP contribution in [0.1, 0.15) is 20.3 Å². The van der Waals surface area contributed by atoms with E-state index in [-0.39, 0.29) is 6.61 Å². The van der Waals surface area contributed by atoms with Crippen molar-refractivity contribution in [3.63, 3.8) is 0 Å². The minimum Gasteiger partial charge on any atom is -0.397 e. The second-order valence-electron chi connectivity index (χ2n) is 1.96. The van der Waals surface area contributed by atoms with E-state index in [1.165, 1.54) is 12.0 Å². The van der Waals surface area contributed by atoms with Crippen LogP contribution in [0.3, 0.4) is 0 Å². The number of terminal acetylenes is 1. The predicted octanol–water partition coefficient (Wildman–Crippen LogP) is 2.14. The molecule has 0 aromatic carbocycles. The van der Waals surface area contributed by atoms with Crippen LogP contribution in [0.2, 0.25) is 0 Å². The Morgan fingerprint density at radius 3 is 2.09 bits per heavy atom. The predicted molar refractivity (Wildman–Crippen MR) is 50.2 cm³/mol. The molecular weight excluding hydrogens is 136 g/mol. The highest BCUT2D eigenvalue weighted by Gasteiger charge is 1.86. The third-order valence-corrected chi connectivity index (χ3v) is 0.957. The molecule has 1 N–H and O–H groups in total. The third-order valence-electron chi connectivity index (χ3n) is 0.957. The van der Waals surface area contributed by atoms with Crippen molar-refractivity contribution >= 4 is 0 Å². The number of hydrogen-bond donors (Lipinski definition) is 1. The third kappa shape index (κ3) is 12.2. The zero-order valence-corrected chi connectivity index (χ0v) is 7.25. The monoisotopic (exact) mass is 152 g/mol. The average Bonchev–Trinajstić information content (AvgIpc) is 2.46. The molecule has 0 aliphatic heterocycles. The van der Waals surface area contributed by atoms with E-state index in [1.54, 1.807) is 6.92 Å². The number of allylic oxidation sites excluding steroid dienone is 4. The lowest BCUT2D eigenvalue weighted by molar-refractivity contribution is 0.318. The first-order valence-corrected chi connectivity index (χ1v) is 3.57. The SMILES string of the molecule is C#C.CC1=CC=CC1.CCO. The van der Waals surface area contributed by atoms with Crippen LogP contribution >= 0.6 is 0 Å². The molecule has 0 spiro atoms. The van der Waals surface area contributed by atoms with Crippen LogP contribution in [0.15, 0.2) is 23.8 Å². The molecule has 0 atom stereocenters. The van der Waals surface area contributed by atoms with Gasteiger partial charge in [-0.1, -0.05) is 23.8 Å². The molecule has 11 heavy (non-hydrogen) atoms. The van der Waals surface area contributed by atoms with Gasteiger partial charge in [0, 0.05) is 6.61 Å². The van der Waals surface area contributed by atoms with Crippen molar-refractivity contribution in [1.29, 1.82) is 0 Å². The summed E-state index contributed by atoms with van der Waals surface area (Å²) in [6.07, 6.45) is 15.6. The Labute approximate surface area is 69.4 Å². The van der Waals surface area contributed by atoms with Gasteiger partial charge in [0.2, 0.25) is 0 Å². The number of aliphatic hydroxyl groups is 1. The summed E-state index contributed by atoms with van der Waals surface area (Å²) in [7, 11) is 0. The van der Waals surface area contributed by atoms with Crippen LogP contribution in [-0.2, 0) is 0 Å². The first-order chi connectivity index (χ1) is 5.31. The molecule has 0 bridgehead atoms. The second kappa shape index (κ2) is 11.8. The molecule has 1 aliphatic rings. The molecular formula is C10H16O. The van der Waals surface area contributed by atoms with Crippen molar-refractivity contribution in [1.82, 2.24) is 0 Å². The average molecular weight is 152 g/mol. The quantitative estimate of drug-likeness (QED) is 0.527. The number of rotatable bonds is 0. The highest BCUT2D eigenvalue weighted by atomic mass is 16.2. The Bertz CT molecular complexity index is 140. The van der Waals surface area contributed by atoms with Crippen LogP contribution in [0.5, 0.6) is 0 Å². The summed E-state index contributed by atoms with van der Waals surface area (Å²) in [5.41, 5.74) is 1.47. The van der Waals surface area contributed by atoms with Crippen LogP contribution < -0.4 is 0 Å². The van der Waals surface area contributed by atoms with E-state index in [9.17, 15) is 0 Å². The van der Waals surface area contributed by atoms with Gasteiger partial charge in [-0.15, -0.1) is 12.8 Å². The minimum absolute atomic E-state index is 0.250. The van der Waals surface area contributed by atoms with Gasteiger partial charge in [0.15, 0.2) is 0 Å². The first-order valence-electron chi connectivity index (χ1n) is 3.57. The van der Waals surface area contributed by atoms with Gasteiger partial charge in [-0.3, -0.25) is 0 Å². The first kappa shape index (κ1) is 12.7. The Kier molecular flexibility index (Phi) is 13.5. The second-order valence-corrected chi connectivity index (χ2v) is 1.96. The molecule has 0 aromatic rings. The van der Waals surface area contributed by atoms with E-state index < -0.39 is 0 Å². The zero-order valence-electron chi connectivity index (χ0n) is 7.25. The molecule has 0 unspecified atom stereocenters. The molecule has 1 nitrogen and oxygen atoms in total. The molecule has 0 aromatic heterocycles. The van der Waals surface area contributed by atoms with E-state index in [0.717, 1.165) is 0 Å². The number of aliphatic hydroxyl groups excluding tert-OH is 1. The molecule has 0 saturated carbocycles. The minimum atomic E-state index is 0.250. The van der Waals surface area contributed by atoms with E-state index in [2.05, 4.69) is 38.0 Å².